The van der Waals surface area contributed by atoms with Gasteiger partial charge in [-0.2, -0.15) is 0 Å². The van der Waals surface area contributed by atoms with Crippen LogP contribution in [0.5, 0.6) is 0 Å². The summed E-state index contributed by atoms with van der Waals surface area (Å²) in [7, 11) is 2.05. The number of hydrogen-bond acceptors (Lipinski definition) is 2. The maximum atomic E-state index is 5.54. The van der Waals surface area contributed by atoms with Crippen LogP contribution in [0.3, 0.4) is 0 Å². The highest BCUT2D eigenvalue weighted by Gasteiger charge is 2.05. The molecule has 0 aliphatic carbocycles. The summed E-state index contributed by atoms with van der Waals surface area (Å²) in [4.78, 5) is 0. The van der Waals surface area contributed by atoms with E-state index < -0.39 is 0 Å². The molecule has 1 aromatic carbocycles. The lowest BCUT2D eigenvalue weighted by molar-refractivity contribution is 0.124. The van der Waals surface area contributed by atoms with Crippen LogP contribution >= 0.6 is 0 Å². The van der Waals surface area contributed by atoms with Crippen LogP contribution < -0.4 is 5.32 Å². The van der Waals surface area contributed by atoms with Crippen molar-refractivity contribution in [1.29, 1.82) is 0 Å². The Labute approximate surface area is 112 Å². The van der Waals surface area contributed by atoms with Gasteiger partial charge in [-0.3, -0.25) is 0 Å². The van der Waals surface area contributed by atoms with Crippen molar-refractivity contribution in [2.75, 3.05) is 20.3 Å². The number of hydrogen-bond donors (Lipinski definition) is 1. The molecule has 2 nitrogen and oxygen atoms in total. The SMILES string of the molecule is CCCOCCC(CCCc1ccccc1)NC. The standard InChI is InChI=1S/C16H27NO/c1-3-13-18-14-12-16(17-2)11-7-10-15-8-5-4-6-9-15/h4-6,8-9,16-17H,3,7,10-14H2,1-2H3. The van der Waals surface area contributed by atoms with E-state index in [4.69, 9.17) is 4.74 Å². The Kier molecular flexibility index (Phi) is 8.53. The summed E-state index contributed by atoms with van der Waals surface area (Å²) in [6, 6.07) is 11.3. The van der Waals surface area contributed by atoms with Gasteiger partial charge < -0.3 is 10.1 Å². The van der Waals surface area contributed by atoms with Crippen molar-refractivity contribution in [2.24, 2.45) is 0 Å². The molecule has 0 aromatic heterocycles. The van der Waals surface area contributed by atoms with Crippen LogP contribution in [0.2, 0.25) is 0 Å². The lowest BCUT2D eigenvalue weighted by Gasteiger charge is -2.16. The second-order valence-electron chi connectivity index (χ2n) is 4.76. The topological polar surface area (TPSA) is 21.3 Å². The molecule has 1 N–H and O–H groups in total. The van der Waals surface area contributed by atoms with Gasteiger partial charge in [0, 0.05) is 19.3 Å². The number of benzene rings is 1. The molecule has 0 heterocycles. The van der Waals surface area contributed by atoms with Crippen LogP contribution in [0, 0.1) is 0 Å². The predicted molar refractivity (Wildman–Crippen MR) is 78.0 cm³/mol. The van der Waals surface area contributed by atoms with Crippen molar-refractivity contribution in [3.63, 3.8) is 0 Å². The van der Waals surface area contributed by atoms with Gasteiger partial charge in [-0.25, -0.2) is 0 Å². The number of rotatable bonds is 10. The summed E-state index contributed by atoms with van der Waals surface area (Å²) >= 11 is 0. The summed E-state index contributed by atoms with van der Waals surface area (Å²) in [5.41, 5.74) is 1.44. The number of aryl methyl sites for hydroxylation is 1. The maximum Gasteiger partial charge on any atom is 0.0480 e. The molecule has 0 bridgehead atoms. The molecule has 1 aromatic rings. The van der Waals surface area contributed by atoms with Crippen molar-refractivity contribution in [2.45, 2.75) is 45.1 Å². The van der Waals surface area contributed by atoms with E-state index in [0.717, 1.165) is 26.1 Å². The van der Waals surface area contributed by atoms with Crippen LogP contribution in [-0.4, -0.2) is 26.3 Å². The molecule has 0 saturated carbocycles. The molecule has 0 spiro atoms. The van der Waals surface area contributed by atoms with Gasteiger partial charge in [0.2, 0.25) is 0 Å². The Bertz CT molecular complexity index is 286. The zero-order valence-corrected chi connectivity index (χ0v) is 11.8. The minimum Gasteiger partial charge on any atom is -0.381 e. The lowest BCUT2D eigenvalue weighted by atomic mass is 10.0. The monoisotopic (exact) mass is 249 g/mol. The van der Waals surface area contributed by atoms with Crippen LogP contribution in [0.4, 0.5) is 0 Å². The summed E-state index contributed by atoms with van der Waals surface area (Å²) in [6.07, 6.45) is 5.86. The first-order chi connectivity index (χ1) is 8.86. The van der Waals surface area contributed by atoms with Crippen molar-refractivity contribution in [1.82, 2.24) is 5.32 Å². The van der Waals surface area contributed by atoms with E-state index >= 15 is 0 Å². The quantitative estimate of drug-likeness (QED) is 0.642. The fourth-order valence-electron chi connectivity index (χ4n) is 2.10. The van der Waals surface area contributed by atoms with Crippen molar-refractivity contribution < 1.29 is 4.74 Å². The average molecular weight is 249 g/mol. The third kappa shape index (κ3) is 6.77. The zero-order chi connectivity index (χ0) is 13.1. The molecule has 1 atom stereocenters. The molecular formula is C16H27NO. The van der Waals surface area contributed by atoms with Gasteiger partial charge in [-0.1, -0.05) is 37.3 Å². The van der Waals surface area contributed by atoms with Crippen LogP contribution in [0.15, 0.2) is 30.3 Å². The Balaban J connectivity index is 2.11. The molecule has 1 rings (SSSR count). The van der Waals surface area contributed by atoms with Gasteiger partial charge in [0.25, 0.3) is 0 Å². The fraction of sp³-hybridized carbons (Fsp3) is 0.625. The Morgan fingerprint density at radius 1 is 1.11 bits per heavy atom. The first-order valence-corrected chi connectivity index (χ1v) is 7.15. The second kappa shape index (κ2) is 10.1. The molecular weight excluding hydrogens is 222 g/mol. The van der Waals surface area contributed by atoms with Crippen molar-refractivity contribution in [3.05, 3.63) is 35.9 Å². The maximum absolute atomic E-state index is 5.54. The molecule has 0 fully saturated rings. The average Bonchev–Trinajstić information content (AvgIpc) is 2.42. The summed E-state index contributed by atoms with van der Waals surface area (Å²) in [5.74, 6) is 0. The van der Waals surface area contributed by atoms with Crippen molar-refractivity contribution >= 4 is 0 Å². The third-order valence-corrected chi connectivity index (χ3v) is 3.23. The summed E-state index contributed by atoms with van der Waals surface area (Å²) in [5, 5.41) is 3.39. The molecule has 0 saturated heterocycles. The fourth-order valence-corrected chi connectivity index (χ4v) is 2.10. The smallest absolute Gasteiger partial charge is 0.0480 e. The van der Waals surface area contributed by atoms with E-state index in [9.17, 15) is 0 Å². The summed E-state index contributed by atoms with van der Waals surface area (Å²) in [6.45, 7) is 3.92. The van der Waals surface area contributed by atoms with Gasteiger partial charge in [0.1, 0.15) is 0 Å². The Morgan fingerprint density at radius 2 is 1.89 bits per heavy atom. The molecule has 1 unspecified atom stereocenters. The van der Waals surface area contributed by atoms with E-state index in [0.29, 0.717) is 6.04 Å². The third-order valence-electron chi connectivity index (χ3n) is 3.23. The summed E-state index contributed by atoms with van der Waals surface area (Å²) < 4.78 is 5.54. The van der Waals surface area contributed by atoms with Crippen LogP contribution in [0.25, 0.3) is 0 Å². The molecule has 0 radical (unpaired) electrons. The predicted octanol–water partition coefficient (Wildman–Crippen LogP) is 3.41. The zero-order valence-electron chi connectivity index (χ0n) is 11.8. The van der Waals surface area contributed by atoms with Crippen molar-refractivity contribution in [3.8, 4) is 0 Å². The van der Waals surface area contributed by atoms with Gasteiger partial charge in [-0.15, -0.1) is 0 Å². The first-order valence-electron chi connectivity index (χ1n) is 7.15. The van der Waals surface area contributed by atoms with Crippen LogP contribution in [-0.2, 0) is 11.2 Å². The van der Waals surface area contributed by atoms with Gasteiger partial charge in [0.15, 0.2) is 0 Å². The highest BCUT2D eigenvalue weighted by molar-refractivity contribution is 5.14. The highest BCUT2D eigenvalue weighted by Crippen LogP contribution is 2.08. The molecule has 102 valence electrons. The Morgan fingerprint density at radius 3 is 2.56 bits per heavy atom. The molecule has 18 heavy (non-hydrogen) atoms. The van der Waals surface area contributed by atoms with Crippen LogP contribution in [0.1, 0.15) is 38.2 Å². The van der Waals surface area contributed by atoms with Gasteiger partial charge in [0.05, 0.1) is 0 Å². The molecule has 2 heteroatoms. The normalized spacial score (nSPS) is 12.6. The minimum atomic E-state index is 0.588. The second-order valence-corrected chi connectivity index (χ2v) is 4.76. The Hall–Kier alpha value is -0.860. The number of ether oxygens (including phenoxy) is 1. The lowest BCUT2D eigenvalue weighted by Crippen LogP contribution is -2.26. The first kappa shape index (κ1) is 15.2. The van der Waals surface area contributed by atoms with Gasteiger partial charge >= 0.3 is 0 Å². The largest absolute Gasteiger partial charge is 0.381 e. The van der Waals surface area contributed by atoms with Gasteiger partial charge in [-0.05, 0) is 44.7 Å². The van der Waals surface area contributed by atoms with E-state index in [1.54, 1.807) is 0 Å². The minimum absolute atomic E-state index is 0.588. The van der Waals surface area contributed by atoms with E-state index in [1.807, 2.05) is 7.05 Å². The van der Waals surface area contributed by atoms with E-state index in [-0.39, 0.29) is 0 Å². The van der Waals surface area contributed by atoms with E-state index in [1.165, 1.54) is 24.8 Å². The highest BCUT2D eigenvalue weighted by atomic mass is 16.5. The number of nitrogens with one attached hydrogen (secondary N) is 1. The molecule has 0 aliphatic heterocycles. The molecule has 0 aliphatic rings. The van der Waals surface area contributed by atoms with E-state index in [2.05, 4.69) is 42.6 Å². The molecule has 0 amide bonds.